The highest BCUT2D eigenvalue weighted by molar-refractivity contribution is 5.86. The van der Waals surface area contributed by atoms with E-state index in [-0.39, 0.29) is 11.5 Å². The molecule has 33 heavy (non-hydrogen) atoms. The summed E-state index contributed by atoms with van der Waals surface area (Å²) in [6.07, 6.45) is 2.82. The molecule has 7 heteroatoms. The summed E-state index contributed by atoms with van der Waals surface area (Å²) in [4.78, 5) is 13.6. The standard InChI is InChI=1S/C26H39N6O/c1-8-9-14-28-24-23-21(30-25(27)31-24)13-12-20(29-23)16-19-11-10-18(15-22(19)33-7)17-32(5,6)26(2,3)4/h10-13,15H,8-9,14,16-17H2,1-7H3,(H3,27,28,30,31)/q+1. The molecule has 1 aromatic carbocycles. The first-order valence-electron chi connectivity index (χ1n) is 11.7. The van der Waals surface area contributed by atoms with Crippen molar-refractivity contribution < 1.29 is 9.22 Å². The van der Waals surface area contributed by atoms with Crippen LogP contribution in [0.15, 0.2) is 30.3 Å². The smallest absolute Gasteiger partial charge is 0.222 e. The normalized spacial score (nSPS) is 12.2. The van der Waals surface area contributed by atoms with E-state index >= 15 is 0 Å². The van der Waals surface area contributed by atoms with Gasteiger partial charge in [-0.15, -0.1) is 0 Å². The van der Waals surface area contributed by atoms with Crippen molar-refractivity contribution in [3.05, 3.63) is 47.2 Å². The van der Waals surface area contributed by atoms with Crippen molar-refractivity contribution >= 4 is 22.8 Å². The summed E-state index contributed by atoms with van der Waals surface area (Å²) in [7, 11) is 6.26. The Balaban J connectivity index is 1.88. The molecule has 0 fully saturated rings. The van der Waals surface area contributed by atoms with Crippen LogP contribution in [0.1, 0.15) is 57.4 Å². The van der Waals surface area contributed by atoms with Crippen LogP contribution >= 0.6 is 0 Å². The molecule has 0 radical (unpaired) electrons. The maximum Gasteiger partial charge on any atom is 0.222 e. The number of nitrogen functional groups attached to an aromatic ring is 1. The summed E-state index contributed by atoms with van der Waals surface area (Å²) in [5.74, 6) is 1.83. The topological polar surface area (TPSA) is 86.0 Å². The summed E-state index contributed by atoms with van der Waals surface area (Å²) >= 11 is 0. The van der Waals surface area contributed by atoms with Gasteiger partial charge in [0.1, 0.15) is 17.8 Å². The van der Waals surface area contributed by atoms with Gasteiger partial charge in [-0.05, 0) is 45.4 Å². The molecule has 0 saturated heterocycles. The highest BCUT2D eigenvalue weighted by Crippen LogP contribution is 2.28. The number of unbranched alkanes of at least 4 members (excludes halogenated alkanes) is 1. The molecule has 0 aliphatic heterocycles. The molecule has 7 nitrogen and oxygen atoms in total. The lowest BCUT2D eigenvalue weighted by molar-refractivity contribution is -0.948. The first-order chi connectivity index (χ1) is 15.5. The zero-order valence-corrected chi connectivity index (χ0v) is 21.2. The molecule has 0 aliphatic rings. The van der Waals surface area contributed by atoms with Crippen LogP contribution in [0, 0.1) is 0 Å². The van der Waals surface area contributed by atoms with Gasteiger partial charge in [0.2, 0.25) is 5.95 Å². The number of nitrogens with two attached hydrogens (primary N) is 1. The number of rotatable bonds is 9. The molecule has 3 rings (SSSR count). The van der Waals surface area contributed by atoms with Crippen molar-refractivity contribution in [2.75, 3.05) is 38.8 Å². The van der Waals surface area contributed by atoms with Gasteiger partial charge in [-0.2, -0.15) is 4.98 Å². The molecule has 2 aromatic heterocycles. The number of hydrogen-bond acceptors (Lipinski definition) is 6. The van der Waals surface area contributed by atoms with Crippen molar-refractivity contribution in [2.24, 2.45) is 0 Å². The molecule has 0 bridgehead atoms. The molecule has 0 atom stereocenters. The van der Waals surface area contributed by atoms with Crippen molar-refractivity contribution in [1.82, 2.24) is 15.0 Å². The van der Waals surface area contributed by atoms with Gasteiger partial charge in [0, 0.05) is 29.8 Å². The number of fused-ring (bicyclic) bond motifs is 1. The van der Waals surface area contributed by atoms with Crippen molar-refractivity contribution in [2.45, 2.75) is 59.0 Å². The fraction of sp³-hybridized carbons (Fsp3) is 0.500. The summed E-state index contributed by atoms with van der Waals surface area (Å²) in [5.41, 5.74) is 10.8. The van der Waals surface area contributed by atoms with Crippen molar-refractivity contribution in [3.63, 3.8) is 0 Å². The van der Waals surface area contributed by atoms with Gasteiger partial charge in [-0.25, -0.2) is 9.97 Å². The predicted octanol–water partition coefficient (Wildman–Crippen LogP) is 4.79. The van der Waals surface area contributed by atoms with E-state index in [0.717, 1.165) is 58.5 Å². The van der Waals surface area contributed by atoms with Crippen LogP contribution < -0.4 is 15.8 Å². The Morgan fingerprint density at radius 3 is 2.48 bits per heavy atom. The Bertz CT molecular complexity index is 1100. The molecular formula is C26H39N6O+. The number of nitrogens with zero attached hydrogens (tertiary/aromatic N) is 4. The van der Waals surface area contributed by atoms with Crippen LogP contribution in [-0.2, 0) is 13.0 Å². The monoisotopic (exact) mass is 451 g/mol. The molecule has 178 valence electrons. The second kappa shape index (κ2) is 9.91. The molecule has 3 N–H and O–H groups in total. The Morgan fingerprint density at radius 1 is 1.06 bits per heavy atom. The second-order valence-electron chi connectivity index (χ2n) is 10.2. The first kappa shape index (κ1) is 24.7. The average molecular weight is 452 g/mol. The fourth-order valence-electron chi connectivity index (χ4n) is 3.60. The number of aromatic nitrogens is 3. The second-order valence-corrected chi connectivity index (χ2v) is 10.2. The zero-order chi connectivity index (χ0) is 24.2. The Labute approximate surface area is 198 Å². The Hall–Kier alpha value is -2.93. The van der Waals surface area contributed by atoms with E-state index in [1.807, 2.05) is 12.1 Å². The Morgan fingerprint density at radius 2 is 1.82 bits per heavy atom. The van der Waals surface area contributed by atoms with Gasteiger partial charge < -0.3 is 20.3 Å². The zero-order valence-electron chi connectivity index (χ0n) is 21.2. The number of ether oxygens (including phenoxy) is 1. The van der Waals surface area contributed by atoms with Gasteiger partial charge in [0.05, 0.1) is 32.3 Å². The minimum Gasteiger partial charge on any atom is -0.496 e. The van der Waals surface area contributed by atoms with E-state index < -0.39 is 0 Å². The first-order valence-corrected chi connectivity index (χ1v) is 11.7. The molecule has 0 aliphatic carbocycles. The van der Waals surface area contributed by atoms with E-state index in [1.54, 1.807) is 7.11 Å². The summed E-state index contributed by atoms with van der Waals surface area (Å²) < 4.78 is 6.65. The maximum atomic E-state index is 5.91. The highest BCUT2D eigenvalue weighted by atomic mass is 16.5. The van der Waals surface area contributed by atoms with Crippen LogP contribution in [0.3, 0.4) is 0 Å². The van der Waals surface area contributed by atoms with Gasteiger partial charge in [-0.3, -0.25) is 0 Å². The molecule has 0 unspecified atom stereocenters. The summed E-state index contributed by atoms with van der Waals surface area (Å²) in [6.45, 7) is 10.7. The van der Waals surface area contributed by atoms with Crippen LogP contribution in [0.25, 0.3) is 11.0 Å². The largest absolute Gasteiger partial charge is 0.496 e. The lowest BCUT2D eigenvalue weighted by atomic mass is 10.0. The third kappa shape index (κ3) is 5.90. The van der Waals surface area contributed by atoms with Crippen LogP contribution in [0.4, 0.5) is 11.8 Å². The summed E-state index contributed by atoms with van der Waals surface area (Å²) in [5, 5.41) is 3.36. The minimum absolute atomic E-state index is 0.148. The number of hydrogen-bond donors (Lipinski definition) is 2. The van der Waals surface area contributed by atoms with Gasteiger partial charge in [0.25, 0.3) is 0 Å². The third-order valence-electron chi connectivity index (χ3n) is 6.56. The summed E-state index contributed by atoms with van der Waals surface area (Å²) in [6, 6.07) is 10.5. The lowest BCUT2D eigenvalue weighted by Gasteiger charge is -2.42. The number of anilines is 2. The quantitative estimate of drug-likeness (QED) is 0.359. The SMILES string of the molecule is CCCCNc1nc(N)nc2ccc(Cc3ccc(C[N+](C)(C)C(C)(C)C)cc3OC)nc12. The van der Waals surface area contributed by atoms with E-state index in [4.69, 9.17) is 15.5 Å². The molecule has 2 heterocycles. The molecular weight excluding hydrogens is 412 g/mol. The van der Waals surface area contributed by atoms with Gasteiger partial charge in [-0.1, -0.05) is 25.5 Å². The van der Waals surface area contributed by atoms with E-state index in [9.17, 15) is 0 Å². The highest BCUT2D eigenvalue weighted by Gasteiger charge is 2.31. The molecule has 0 saturated carbocycles. The van der Waals surface area contributed by atoms with Crippen molar-refractivity contribution in [1.29, 1.82) is 0 Å². The van der Waals surface area contributed by atoms with E-state index in [2.05, 4.69) is 75.3 Å². The number of benzene rings is 1. The molecule has 0 spiro atoms. The number of pyridine rings is 1. The van der Waals surface area contributed by atoms with Crippen LogP contribution in [0.2, 0.25) is 0 Å². The number of quaternary nitrogens is 1. The van der Waals surface area contributed by atoms with E-state index in [0.29, 0.717) is 12.2 Å². The predicted molar refractivity (Wildman–Crippen MR) is 137 cm³/mol. The van der Waals surface area contributed by atoms with Gasteiger partial charge >= 0.3 is 0 Å². The molecule has 0 amide bonds. The fourth-order valence-corrected chi connectivity index (χ4v) is 3.60. The third-order valence-corrected chi connectivity index (χ3v) is 6.56. The number of nitrogens with one attached hydrogen (secondary N) is 1. The lowest BCUT2D eigenvalue weighted by Crippen LogP contribution is -2.53. The molecule has 3 aromatic rings. The Kier molecular flexibility index (Phi) is 7.42. The average Bonchev–Trinajstić information content (AvgIpc) is 2.74. The van der Waals surface area contributed by atoms with Crippen LogP contribution in [0.5, 0.6) is 5.75 Å². The number of methoxy groups -OCH3 is 1. The van der Waals surface area contributed by atoms with E-state index in [1.165, 1.54) is 5.56 Å². The van der Waals surface area contributed by atoms with Crippen molar-refractivity contribution in [3.8, 4) is 5.75 Å². The van der Waals surface area contributed by atoms with Gasteiger partial charge in [0.15, 0.2) is 5.82 Å². The van der Waals surface area contributed by atoms with Crippen LogP contribution in [-0.4, -0.2) is 52.7 Å². The maximum absolute atomic E-state index is 5.91. The minimum atomic E-state index is 0.148.